The smallest absolute Gasteiger partial charge is 0.226 e. The van der Waals surface area contributed by atoms with E-state index in [9.17, 15) is 32.4 Å². The molecule has 3 heterocycles. The van der Waals surface area contributed by atoms with Crippen LogP contribution in [0.3, 0.4) is 0 Å². The van der Waals surface area contributed by atoms with Crippen LogP contribution in [0.15, 0.2) is 0 Å². The van der Waals surface area contributed by atoms with E-state index < -0.39 is 44.2 Å². The number of fused-ring (bicyclic) bond motifs is 3. The molecule has 3 saturated heterocycles. The van der Waals surface area contributed by atoms with Crippen LogP contribution in [0, 0.1) is 40.4 Å². The van der Waals surface area contributed by atoms with E-state index in [0.29, 0.717) is 44.6 Å². The van der Waals surface area contributed by atoms with E-state index in [-0.39, 0.29) is 65.5 Å². The van der Waals surface area contributed by atoms with Crippen LogP contribution in [0.4, 0.5) is 0 Å². The molecule has 6 atom stereocenters. The highest BCUT2D eigenvalue weighted by atomic mass is 32.2. The summed E-state index contributed by atoms with van der Waals surface area (Å²) in [7, 11) is -3.23. The highest BCUT2D eigenvalue weighted by Gasteiger charge is 2.69. The molecule has 0 aromatic heterocycles. The Kier molecular flexibility index (Phi) is 11.3. The van der Waals surface area contributed by atoms with Gasteiger partial charge in [0, 0.05) is 44.1 Å². The predicted molar refractivity (Wildman–Crippen MR) is 188 cm³/mol. The van der Waals surface area contributed by atoms with E-state index >= 15 is 0 Å². The van der Waals surface area contributed by atoms with Gasteiger partial charge in [0.25, 0.3) is 0 Å². The maximum Gasteiger partial charge on any atom is 0.226 e. The molecular formula is C40H61NO7S. The van der Waals surface area contributed by atoms with Gasteiger partial charge in [-0.05, 0) is 80.0 Å². The zero-order chi connectivity index (χ0) is 35.0. The molecule has 1 amide bonds. The molecule has 8 nitrogen and oxygen atoms in total. The number of rotatable bonds is 9. The molecular weight excluding hydrogens is 639 g/mol. The van der Waals surface area contributed by atoms with Crippen LogP contribution in [-0.2, 0) is 33.8 Å². The molecule has 0 aromatic carbocycles. The van der Waals surface area contributed by atoms with Gasteiger partial charge in [0.2, 0.25) is 11.7 Å². The third-order valence-corrected chi connectivity index (χ3v) is 16.4. The van der Waals surface area contributed by atoms with E-state index in [4.69, 9.17) is 0 Å². The number of nitrogens with zero attached hydrogens (tertiary/aromatic N) is 1. The summed E-state index contributed by atoms with van der Waals surface area (Å²) >= 11 is 0. The van der Waals surface area contributed by atoms with Gasteiger partial charge in [0.15, 0.2) is 21.4 Å². The van der Waals surface area contributed by atoms with Crippen LogP contribution in [-0.4, -0.2) is 65.9 Å². The Balaban J connectivity index is 1.22. The highest BCUT2D eigenvalue weighted by Crippen LogP contribution is 2.65. The summed E-state index contributed by atoms with van der Waals surface area (Å²) in [5.74, 6) is -1.38. The third-order valence-electron chi connectivity index (χ3n) is 13.9. The molecule has 6 rings (SSSR count). The summed E-state index contributed by atoms with van der Waals surface area (Å²) in [6.07, 6.45) is 16.2. The second kappa shape index (κ2) is 15.0. The Bertz CT molecular complexity index is 1390. The molecule has 1 unspecified atom stereocenters. The number of sulfone groups is 1. The molecule has 274 valence electrons. The van der Waals surface area contributed by atoms with Crippen LogP contribution in [0.2, 0.25) is 0 Å². The van der Waals surface area contributed by atoms with Crippen molar-refractivity contribution < 1.29 is 32.4 Å². The second-order valence-corrected chi connectivity index (χ2v) is 20.1. The van der Waals surface area contributed by atoms with Crippen molar-refractivity contribution >= 4 is 38.9 Å². The summed E-state index contributed by atoms with van der Waals surface area (Å²) in [5.41, 5.74) is -0.604. The topological polar surface area (TPSA) is 123 Å². The molecule has 49 heavy (non-hydrogen) atoms. The molecule has 0 N–H and O–H groups in total. The summed E-state index contributed by atoms with van der Waals surface area (Å²) < 4.78 is 26.3. The average molecular weight is 700 g/mol. The molecule has 0 bridgehead atoms. The highest BCUT2D eigenvalue weighted by molar-refractivity contribution is 7.92. The first-order chi connectivity index (χ1) is 23.3. The van der Waals surface area contributed by atoms with Crippen LogP contribution < -0.4 is 0 Å². The van der Waals surface area contributed by atoms with E-state index in [2.05, 4.69) is 13.8 Å². The fraction of sp³-hybridized carbons (Fsp3) is 0.875. The maximum atomic E-state index is 14.6. The number of hydrogen-bond donors (Lipinski definition) is 0. The monoisotopic (exact) mass is 699 g/mol. The van der Waals surface area contributed by atoms with E-state index in [1.165, 1.54) is 0 Å². The van der Waals surface area contributed by atoms with Crippen molar-refractivity contribution in [3.05, 3.63) is 0 Å². The zero-order valence-electron chi connectivity index (χ0n) is 30.2. The number of hydrogen-bond acceptors (Lipinski definition) is 7. The Hall–Kier alpha value is -1.90. The van der Waals surface area contributed by atoms with Crippen LogP contribution in [0.25, 0.3) is 0 Å². The Morgan fingerprint density at radius 3 is 2.04 bits per heavy atom. The lowest BCUT2D eigenvalue weighted by Crippen LogP contribution is -2.49. The van der Waals surface area contributed by atoms with Gasteiger partial charge in [-0.2, -0.15) is 0 Å². The lowest BCUT2D eigenvalue weighted by atomic mass is 9.67. The first kappa shape index (κ1) is 36.9. The minimum Gasteiger partial charge on any atom is -0.332 e. The van der Waals surface area contributed by atoms with Crippen LogP contribution >= 0.6 is 0 Å². The minimum absolute atomic E-state index is 0.00493. The molecule has 6 fully saturated rings. The van der Waals surface area contributed by atoms with Crippen molar-refractivity contribution in [3.8, 4) is 0 Å². The van der Waals surface area contributed by atoms with Gasteiger partial charge in [-0.3, -0.25) is 24.0 Å². The molecule has 9 heteroatoms. The van der Waals surface area contributed by atoms with Crippen molar-refractivity contribution in [1.29, 1.82) is 0 Å². The number of piperidine rings is 1. The lowest BCUT2D eigenvalue weighted by Gasteiger charge is -2.41. The Morgan fingerprint density at radius 1 is 0.776 bits per heavy atom. The standard InChI is InChI=1S/C40H61NO7S/c1-39(2)31-26-41-36(35(31)39)32(43)24-28(37(45)33(44)22-27-17-18-27)14-9-6-4-3-5-7-10-15-29(38(41)46)23-30(42)25-40(19-11-8-12-20-40)34-16-13-21-49(34,47)48/h27-29,31,34-36H,3-26H2,1-2H3/t28-,29-,31+,34?,35+,36-/m1/s1. The van der Waals surface area contributed by atoms with Crippen LogP contribution in [0.1, 0.15) is 155 Å². The lowest BCUT2D eigenvalue weighted by molar-refractivity contribution is -0.146. The summed E-state index contributed by atoms with van der Waals surface area (Å²) in [5, 5.41) is -0.460. The van der Waals surface area contributed by atoms with Gasteiger partial charge in [-0.1, -0.05) is 78.1 Å². The number of ketones is 4. The quantitative estimate of drug-likeness (QED) is 0.238. The van der Waals surface area contributed by atoms with Crippen molar-refractivity contribution in [2.24, 2.45) is 40.4 Å². The number of amides is 1. The van der Waals surface area contributed by atoms with Crippen LogP contribution in [0.5, 0.6) is 0 Å². The molecule has 0 radical (unpaired) electrons. The normalized spacial score (nSPS) is 34.9. The minimum atomic E-state index is -3.23. The number of carbonyl (C=O) groups is 5. The molecule has 3 saturated carbocycles. The van der Waals surface area contributed by atoms with Crippen molar-refractivity contribution in [1.82, 2.24) is 4.90 Å². The predicted octanol–water partition coefficient (Wildman–Crippen LogP) is 7.00. The largest absolute Gasteiger partial charge is 0.332 e. The maximum absolute atomic E-state index is 14.6. The van der Waals surface area contributed by atoms with Gasteiger partial charge >= 0.3 is 0 Å². The van der Waals surface area contributed by atoms with E-state index in [0.717, 1.165) is 89.9 Å². The third kappa shape index (κ3) is 8.12. The summed E-state index contributed by atoms with van der Waals surface area (Å²) in [4.78, 5) is 71.1. The fourth-order valence-electron chi connectivity index (χ4n) is 10.8. The Morgan fingerprint density at radius 2 is 1.41 bits per heavy atom. The van der Waals surface area contributed by atoms with Gasteiger partial charge in [-0.25, -0.2) is 8.42 Å². The fourth-order valence-corrected chi connectivity index (χ4v) is 13.2. The second-order valence-electron chi connectivity index (χ2n) is 17.8. The van der Waals surface area contributed by atoms with Gasteiger partial charge in [0.1, 0.15) is 5.78 Å². The molecule has 3 aliphatic heterocycles. The average Bonchev–Trinajstić information content (AvgIpc) is 3.83. The SMILES string of the molecule is CC1(C)[C@@H]2[C@H]3C(=O)C[C@H](C(=O)C(=O)CC4CC4)CCCCCCCCC[C@H](CC(=O)CC4(C5CCCS5(=O)=O)CCCCC4)C(=O)N3C[C@@H]21. The van der Waals surface area contributed by atoms with Gasteiger partial charge in [0.05, 0.1) is 17.0 Å². The first-order valence-corrected chi connectivity index (χ1v) is 21.7. The van der Waals surface area contributed by atoms with Crippen molar-refractivity contribution in [2.75, 3.05) is 12.3 Å². The van der Waals surface area contributed by atoms with Gasteiger partial charge < -0.3 is 4.90 Å². The zero-order valence-corrected chi connectivity index (χ0v) is 31.0. The van der Waals surface area contributed by atoms with Crippen molar-refractivity contribution in [2.45, 2.75) is 166 Å². The summed E-state index contributed by atoms with van der Waals surface area (Å²) in [6, 6.07) is -0.625. The van der Waals surface area contributed by atoms with E-state index in [1.54, 1.807) is 4.90 Å². The van der Waals surface area contributed by atoms with Gasteiger partial charge in [-0.15, -0.1) is 0 Å². The number of carbonyl (C=O) groups excluding carboxylic acids is 5. The molecule has 0 spiro atoms. The summed E-state index contributed by atoms with van der Waals surface area (Å²) in [6.45, 7) is 4.79. The first-order valence-electron chi connectivity index (χ1n) is 20.0. The Labute approximate surface area is 294 Å². The van der Waals surface area contributed by atoms with Crippen molar-refractivity contribution in [3.63, 3.8) is 0 Å². The van der Waals surface area contributed by atoms with E-state index in [1.807, 2.05) is 0 Å². The molecule has 0 aromatic rings. The molecule has 3 aliphatic carbocycles. The molecule has 6 aliphatic rings. The number of Topliss-reactive ketones (excluding diaryl/α,β-unsaturated/α-hetero) is 4.